The van der Waals surface area contributed by atoms with Gasteiger partial charge in [-0.25, -0.2) is 4.39 Å². The van der Waals surface area contributed by atoms with Crippen LogP contribution in [0.15, 0.2) is 18.2 Å². The quantitative estimate of drug-likeness (QED) is 0.898. The molecule has 1 fully saturated rings. The Bertz CT molecular complexity index is 444. The van der Waals surface area contributed by atoms with Crippen molar-refractivity contribution in [2.24, 2.45) is 5.41 Å². The van der Waals surface area contributed by atoms with E-state index in [-0.39, 0.29) is 18.2 Å². The molecule has 1 N–H and O–H groups in total. The maximum atomic E-state index is 13.8. The molecule has 2 nitrogen and oxygen atoms in total. The molecular formula is C15H22ClFN2. The molecule has 0 spiro atoms. The molecule has 0 aromatic heterocycles. The Morgan fingerprint density at radius 1 is 1.42 bits per heavy atom. The van der Waals surface area contributed by atoms with Gasteiger partial charge >= 0.3 is 0 Å². The number of nitrogens with zero attached hydrogens (tertiary/aromatic N) is 1. The Morgan fingerprint density at radius 2 is 2.26 bits per heavy atom. The molecule has 2 heterocycles. The summed E-state index contributed by atoms with van der Waals surface area (Å²) in [4.78, 5) is 2.42. The summed E-state index contributed by atoms with van der Waals surface area (Å²) in [6.07, 6.45) is 2.21. The highest BCUT2D eigenvalue weighted by Gasteiger charge is 2.32. The van der Waals surface area contributed by atoms with Gasteiger partial charge in [0, 0.05) is 31.7 Å². The van der Waals surface area contributed by atoms with Crippen molar-refractivity contribution < 1.29 is 4.39 Å². The number of hydrogen-bond donors (Lipinski definition) is 1. The summed E-state index contributed by atoms with van der Waals surface area (Å²) in [5.41, 5.74) is 2.47. The maximum absolute atomic E-state index is 13.8. The monoisotopic (exact) mass is 284 g/mol. The number of benzene rings is 1. The standard InChI is InChI=1S/C15H21FN2.ClH/c1-15(6-7-17-10-15)11-18-8-5-12-3-2-4-14(16)13(12)9-18;/h2-4,17H,5-11H2,1H3;1H. The third-order valence-electron chi connectivity index (χ3n) is 4.36. The van der Waals surface area contributed by atoms with Crippen LogP contribution in [-0.4, -0.2) is 31.1 Å². The zero-order valence-corrected chi connectivity index (χ0v) is 12.2. The van der Waals surface area contributed by atoms with Crippen molar-refractivity contribution in [2.45, 2.75) is 26.3 Å². The minimum atomic E-state index is -0.0353. The highest BCUT2D eigenvalue weighted by Crippen LogP contribution is 2.29. The molecule has 0 saturated carbocycles. The fourth-order valence-corrected chi connectivity index (χ4v) is 3.27. The van der Waals surface area contributed by atoms with E-state index in [0.717, 1.165) is 44.7 Å². The number of rotatable bonds is 2. The lowest BCUT2D eigenvalue weighted by Gasteiger charge is -2.35. The molecule has 1 aromatic carbocycles. The van der Waals surface area contributed by atoms with Crippen LogP contribution < -0.4 is 5.32 Å². The smallest absolute Gasteiger partial charge is 0.127 e. The van der Waals surface area contributed by atoms with Crippen molar-refractivity contribution in [3.05, 3.63) is 35.1 Å². The van der Waals surface area contributed by atoms with E-state index in [1.54, 1.807) is 6.07 Å². The molecule has 1 unspecified atom stereocenters. The lowest BCUT2D eigenvalue weighted by Crippen LogP contribution is -2.40. The molecule has 19 heavy (non-hydrogen) atoms. The number of hydrogen-bond acceptors (Lipinski definition) is 2. The van der Waals surface area contributed by atoms with Crippen molar-refractivity contribution in [3.8, 4) is 0 Å². The number of halogens is 2. The van der Waals surface area contributed by atoms with Gasteiger partial charge in [0.2, 0.25) is 0 Å². The average Bonchev–Trinajstić information content (AvgIpc) is 2.77. The lowest BCUT2D eigenvalue weighted by atomic mass is 9.88. The molecule has 1 aromatic rings. The number of fused-ring (bicyclic) bond motifs is 1. The Morgan fingerprint density at radius 3 is 3.00 bits per heavy atom. The molecule has 2 aliphatic rings. The Balaban J connectivity index is 0.00000133. The van der Waals surface area contributed by atoms with E-state index in [4.69, 9.17) is 0 Å². The summed E-state index contributed by atoms with van der Waals surface area (Å²) in [7, 11) is 0. The Hall–Kier alpha value is -0.640. The summed E-state index contributed by atoms with van der Waals surface area (Å²) < 4.78 is 13.8. The van der Waals surface area contributed by atoms with Crippen molar-refractivity contribution in [1.29, 1.82) is 0 Å². The first-order valence-corrected chi connectivity index (χ1v) is 6.86. The van der Waals surface area contributed by atoms with Crippen LogP contribution in [0.1, 0.15) is 24.5 Å². The minimum absolute atomic E-state index is 0. The van der Waals surface area contributed by atoms with Crippen LogP contribution >= 0.6 is 12.4 Å². The van der Waals surface area contributed by atoms with E-state index in [2.05, 4.69) is 23.2 Å². The van der Waals surface area contributed by atoms with Crippen LogP contribution in [0.2, 0.25) is 0 Å². The predicted octanol–water partition coefficient (Wildman–Crippen LogP) is 2.61. The van der Waals surface area contributed by atoms with Gasteiger partial charge < -0.3 is 5.32 Å². The van der Waals surface area contributed by atoms with Gasteiger partial charge in [-0.15, -0.1) is 12.4 Å². The van der Waals surface area contributed by atoms with E-state index in [1.807, 2.05) is 6.07 Å². The van der Waals surface area contributed by atoms with Crippen LogP contribution in [0.4, 0.5) is 4.39 Å². The highest BCUT2D eigenvalue weighted by molar-refractivity contribution is 5.85. The molecular weight excluding hydrogens is 263 g/mol. The van der Waals surface area contributed by atoms with Gasteiger partial charge in [-0.2, -0.15) is 0 Å². The third kappa shape index (κ3) is 3.10. The molecule has 2 aliphatic heterocycles. The van der Waals surface area contributed by atoms with Gasteiger partial charge in [-0.05, 0) is 36.4 Å². The van der Waals surface area contributed by atoms with Gasteiger partial charge in [-0.3, -0.25) is 4.90 Å². The largest absolute Gasteiger partial charge is 0.316 e. The second-order valence-electron chi connectivity index (χ2n) is 6.08. The van der Waals surface area contributed by atoms with E-state index >= 15 is 0 Å². The molecule has 1 saturated heterocycles. The molecule has 0 amide bonds. The fraction of sp³-hybridized carbons (Fsp3) is 0.600. The predicted molar refractivity (Wildman–Crippen MR) is 78.2 cm³/mol. The van der Waals surface area contributed by atoms with Crippen molar-refractivity contribution in [2.75, 3.05) is 26.2 Å². The normalized spacial score (nSPS) is 26.8. The van der Waals surface area contributed by atoms with Crippen molar-refractivity contribution in [1.82, 2.24) is 10.2 Å². The van der Waals surface area contributed by atoms with Gasteiger partial charge in [0.05, 0.1) is 0 Å². The summed E-state index contributed by atoms with van der Waals surface area (Å²) >= 11 is 0. The zero-order chi connectivity index (χ0) is 12.6. The maximum Gasteiger partial charge on any atom is 0.127 e. The minimum Gasteiger partial charge on any atom is -0.316 e. The van der Waals surface area contributed by atoms with Gasteiger partial charge in [0.25, 0.3) is 0 Å². The lowest BCUT2D eigenvalue weighted by molar-refractivity contribution is 0.162. The van der Waals surface area contributed by atoms with Crippen LogP contribution in [0.5, 0.6) is 0 Å². The first-order chi connectivity index (χ1) is 8.66. The first-order valence-electron chi connectivity index (χ1n) is 6.86. The average molecular weight is 285 g/mol. The van der Waals surface area contributed by atoms with Crippen LogP contribution in [0, 0.1) is 11.2 Å². The molecule has 106 valence electrons. The van der Waals surface area contributed by atoms with Gasteiger partial charge in [-0.1, -0.05) is 19.1 Å². The topological polar surface area (TPSA) is 15.3 Å². The summed E-state index contributed by atoms with van der Waals surface area (Å²) in [6, 6.07) is 5.47. The SMILES string of the molecule is CC1(CN2CCc3cccc(F)c3C2)CCNC1.Cl. The Kier molecular flexibility index (Phi) is 4.49. The zero-order valence-electron chi connectivity index (χ0n) is 11.4. The van der Waals surface area contributed by atoms with E-state index in [9.17, 15) is 4.39 Å². The van der Waals surface area contributed by atoms with Crippen molar-refractivity contribution in [3.63, 3.8) is 0 Å². The molecule has 0 radical (unpaired) electrons. The van der Waals surface area contributed by atoms with Crippen molar-refractivity contribution >= 4 is 12.4 Å². The van der Waals surface area contributed by atoms with E-state index < -0.39 is 0 Å². The summed E-state index contributed by atoms with van der Waals surface area (Å²) in [5, 5.41) is 3.43. The van der Waals surface area contributed by atoms with E-state index in [0.29, 0.717) is 5.41 Å². The van der Waals surface area contributed by atoms with E-state index in [1.165, 1.54) is 12.0 Å². The molecule has 3 rings (SSSR count). The Labute approximate surface area is 120 Å². The van der Waals surface area contributed by atoms with Crippen LogP contribution in [0.3, 0.4) is 0 Å². The van der Waals surface area contributed by atoms with Gasteiger partial charge in [0.1, 0.15) is 5.82 Å². The summed E-state index contributed by atoms with van der Waals surface area (Å²) in [6.45, 7) is 7.46. The van der Waals surface area contributed by atoms with Crippen LogP contribution in [-0.2, 0) is 13.0 Å². The van der Waals surface area contributed by atoms with Gasteiger partial charge in [0.15, 0.2) is 0 Å². The van der Waals surface area contributed by atoms with Crippen LogP contribution in [0.25, 0.3) is 0 Å². The second-order valence-corrected chi connectivity index (χ2v) is 6.08. The molecule has 0 bridgehead atoms. The molecule has 1 atom stereocenters. The second kappa shape index (κ2) is 5.78. The molecule has 4 heteroatoms. The fourth-order valence-electron chi connectivity index (χ4n) is 3.27. The number of nitrogens with one attached hydrogen (secondary N) is 1. The highest BCUT2D eigenvalue weighted by atomic mass is 35.5. The first kappa shape index (κ1) is 14.8. The summed E-state index contributed by atoms with van der Waals surface area (Å²) in [5.74, 6) is -0.0353. The molecule has 0 aliphatic carbocycles. The third-order valence-corrected chi connectivity index (χ3v) is 4.36.